The highest BCUT2D eigenvalue weighted by Gasteiger charge is 2.13. The summed E-state index contributed by atoms with van der Waals surface area (Å²) in [4.78, 5) is 0.217. The molecule has 0 aliphatic heterocycles. The van der Waals surface area contributed by atoms with E-state index in [9.17, 15) is 8.42 Å². The van der Waals surface area contributed by atoms with Crippen LogP contribution in [0.25, 0.3) is 0 Å². The number of sulfonamides is 1. The lowest BCUT2D eigenvalue weighted by Crippen LogP contribution is -2.25. The van der Waals surface area contributed by atoms with Gasteiger partial charge in [0.15, 0.2) is 0 Å². The largest absolute Gasteiger partial charge is 0.497 e. The number of ether oxygens (including phenoxy) is 2. The molecule has 28 heavy (non-hydrogen) atoms. The van der Waals surface area contributed by atoms with Crippen molar-refractivity contribution in [2.24, 2.45) is 0 Å². The molecule has 6 heteroatoms. The van der Waals surface area contributed by atoms with Crippen LogP contribution in [0.2, 0.25) is 0 Å². The van der Waals surface area contributed by atoms with Gasteiger partial charge >= 0.3 is 0 Å². The highest BCUT2D eigenvalue weighted by molar-refractivity contribution is 7.89. The normalized spacial score (nSPS) is 11.2. The lowest BCUT2D eigenvalue weighted by Gasteiger charge is -2.09. The van der Waals surface area contributed by atoms with E-state index in [1.54, 1.807) is 31.4 Å². The van der Waals surface area contributed by atoms with Gasteiger partial charge in [0.2, 0.25) is 10.0 Å². The molecule has 0 saturated heterocycles. The van der Waals surface area contributed by atoms with Crippen molar-refractivity contribution in [2.45, 2.75) is 17.7 Å². The van der Waals surface area contributed by atoms with Gasteiger partial charge in [-0.3, -0.25) is 0 Å². The molecule has 3 aromatic carbocycles. The van der Waals surface area contributed by atoms with Crippen molar-refractivity contribution in [1.29, 1.82) is 0 Å². The van der Waals surface area contributed by atoms with E-state index in [4.69, 9.17) is 9.47 Å². The Kier molecular flexibility index (Phi) is 6.68. The highest BCUT2D eigenvalue weighted by atomic mass is 32.2. The van der Waals surface area contributed by atoms with Gasteiger partial charge < -0.3 is 9.47 Å². The first-order valence-electron chi connectivity index (χ1n) is 9.02. The third-order valence-electron chi connectivity index (χ3n) is 4.18. The Balaban J connectivity index is 1.52. The number of hydrogen-bond acceptors (Lipinski definition) is 4. The number of benzene rings is 3. The fourth-order valence-corrected chi connectivity index (χ4v) is 3.80. The molecular formula is C22H23NO4S. The van der Waals surface area contributed by atoms with E-state index in [1.165, 1.54) is 0 Å². The number of para-hydroxylation sites is 1. The van der Waals surface area contributed by atoms with Crippen molar-refractivity contribution in [1.82, 2.24) is 4.72 Å². The van der Waals surface area contributed by atoms with Crippen LogP contribution >= 0.6 is 0 Å². The molecule has 3 aromatic rings. The van der Waals surface area contributed by atoms with Crippen molar-refractivity contribution in [3.63, 3.8) is 0 Å². The van der Waals surface area contributed by atoms with E-state index >= 15 is 0 Å². The predicted molar refractivity (Wildman–Crippen MR) is 109 cm³/mol. The molecule has 0 unspecified atom stereocenters. The van der Waals surface area contributed by atoms with E-state index in [0.717, 1.165) is 17.7 Å². The molecule has 0 aliphatic rings. The first-order valence-corrected chi connectivity index (χ1v) is 10.5. The van der Waals surface area contributed by atoms with Gasteiger partial charge in [-0.05, 0) is 66.9 Å². The summed E-state index contributed by atoms with van der Waals surface area (Å²) in [6, 6.07) is 23.5. The topological polar surface area (TPSA) is 64.6 Å². The minimum absolute atomic E-state index is 0.217. The lowest BCUT2D eigenvalue weighted by molar-refractivity contribution is 0.414. The average molecular weight is 397 g/mol. The van der Waals surface area contributed by atoms with Crippen LogP contribution in [0.1, 0.15) is 12.0 Å². The summed E-state index contributed by atoms with van der Waals surface area (Å²) in [5.41, 5.74) is 1.11. The summed E-state index contributed by atoms with van der Waals surface area (Å²) in [6.07, 6.45) is 1.46. The molecule has 5 nitrogen and oxygen atoms in total. The maximum atomic E-state index is 12.4. The first-order chi connectivity index (χ1) is 13.6. The van der Waals surface area contributed by atoms with Crippen LogP contribution in [0.3, 0.4) is 0 Å². The maximum Gasteiger partial charge on any atom is 0.240 e. The SMILES string of the molecule is COc1cccc(CCCNS(=O)(=O)c2ccc(Oc3ccccc3)cc2)c1. The minimum Gasteiger partial charge on any atom is -0.497 e. The number of hydrogen-bond donors (Lipinski definition) is 1. The second-order valence-electron chi connectivity index (χ2n) is 6.24. The molecule has 0 aliphatic carbocycles. The Hall–Kier alpha value is -2.83. The number of rotatable bonds is 9. The molecule has 0 saturated carbocycles. The first kappa shape index (κ1) is 19.9. The summed E-state index contributed by atoms with van der Waals surface area (Å²) >= 11 is 0. The minimum atomic E-state index is -3.55. The molecule has 0 atom stereocenters. The molecule has 0 amide bonds. The summed E-state index contributed by atoms with van der Waals surface area (Å²) < 4.78 is 38.4. The monoisotopic (exact) mass is 397 g/mol. The Bertz CT molecular complexity index is 987. The van der Waals surface area contributed by atoms with Crippen LogP contribution in [0, 0.1) is 0 Å². The van der Waals surface area contributed by atoms with Gasteiger partial charge in [-0.2, -0.15) is 0 Å². The third-order valence-corrected chi connectivity index (χ3v) is 5.66. The molecule has 3 rings (SSSR count). The van der Waals surface area contributed by atoms with Gasteiger partial charge in [0, 0.05) is 6.54 Å². The second kappa shape index (κ2) is 9.39. The van der Waals surface area contributed by atoms with Crippen LogP contribution in [0.4, 0.5) is 0 Å². The van der Waals surface area contributed by atoms with Gasteiger partial charge in [0.1, 0.15) is 17.2 Å². The van der Waals surface area contributed by atoms with Crippen molar-refractivity contribution in [2.75, 3.05) is 13.7 Å². The molecule has 0 fully saturated rings. The molecule has 0 bridgehead atoms. The van der Waals surface area contributed by atoms with Crippen LogP contribution in [0.15, 0.2) is 83.8 Å². The Morgan fingerprint density at radius 1 is 0.821 bits per heavy atom. The van der Waals surface area contributed by atoms with Crippen molar-refractivity contribution < 1.29 is 17.9 Å². The highest BCUT2D eigenvalue weighted by Crippen LogP contribution is 2.22. The Labute approximate surface area is 166 Å². The number of nitrogens with one attached hydrogen (secondary N) is 1. The average Bonchev–Trinajstić information content (AvgIpc) is 2.72. The third kappa shape index (κ3) is 5.58. The van der Waals surface area contributed by atoms with Gasteiger partial charge in [-0.15, -0.1) is 0 Å². The van der Waals surface area contributed by atoms with Gasteiger partial charge in [-0.1, -0.05) is 30.3 Å². The fraction of sp³-hybridized carbons (Fsp3) is 0.182. The maximum absolute atomic E-state index is 12.4. The zero-order chi connectivity index (χ0) is 19.8. The Morgan fingerprint density at radius 3 is 2.21 bits per heavy atom. The zero-order valence-corrected chi connectivity index (χ0v) is 16.5. The fourth-order valence-electron chi connectivity index (χ4n) is 2.72. The zero-order valence-electron chi connectivity index (χ0n) is 15.7. The summed E-state index contributed by atoms with van der Waals surface area (Å²) in [5, 5.41) is 0. The molecule has 0 spiro atoms. The smallest absolute Gasteiger partial charge is 0.240 e. The predicted octanol–water partition coefficient (Wildman–Crippen LogP) is 4.40. The molecule has 146 valence electrons. The van der Waals surface area contributed by atoms with Crippen LogP contribution in [-0.2, 0) is 16.4 Å². The van der Waals surface area contributed by atoms with E-state index in [0.29, 0.717) is 24.5 Å². The van der Waals surface area contributed by atoms with Crippen LogP contribution in [0.5, 0.6) is 17.2 Å². The van der Waals surface area contributed by atoms with E-state index in [1.807, 2.05) is 54.6 Å². The number of aryl methyl sites for hydroxylation is 1. The quantitative estimate of drug-likeness (QED) is 0.544. The van der Waals surface area contributed by atoms with Gasteiger partial charge in [0.05, 0.1) is 12.0 Å². The van der Waals surface area contributed by atoms with Crippen molar-refractivity contribution >= 4 is 10.0 Å². The molecule has 0 heterocycles. The van der Waals surface area contributed by atoms with Crippen LogP contribution in [-0.4, -0.2) is 22.1 Å². The number of methoxy groups -OCH3 is 1. The van der Waals surface area contributed by atoms with Crippen molar-refractivity contribution in [3.05, 3.63) is 84.4 Å². The van der Waals surface area contributed by atoms with E-state index < -0.39 is 10.0 Å². The van der Waals surface area contributed by atoms with Gasteiger partial charge in [-0.25, -0.2) is 13.1 Å². The van der Waals surface area contributed by atoms with E-state index in [-0.39, 0.29) is 4.90 Å². The standard InChI is InChI=1S/C22H23NO4S/c1-26-21-11-5-7-18(17-21)8-6-16-23-28(24,25)22-14-12-20(13-15-22)27-19-9-3-2-4-10-19/h2-5,7,9-15,17,23H,6,8,16H2,1H3. The Morgan fingerprint density at radius 2 is 1.50 bits per heavy atom. The van der Waals surface area contributed by atoms with E-state index in [2.05, 4.69) is 4.72 Å². The molecule has 1 N–H and O–H groups in total. The van der Waals surface area contributed by atoms with Crippen LogP contribution < -0.4 is 14.2 Å². The lowest BCUT2D eigenvalue weighted by atomic mass is 10.1. The summed E-state index contributed by atoms with van der Waals surface area (Å²) in [7, 11) is -1.92. The molecule has 0 radical (unpaired) electrons. The summed E-state index contributed by atoms with van der Waals surface area (Å²) in [5.74, 6) is 2.09. The molecule has 0 aromatic heterocycles. The van der Waals surface area contributed by atoms with Crippen molar-refractivity contribution in [3.8, 4) is 17.2 Å². The second-order valence-corrected chi connectivity index (χ2v) is 8.01. The molecular weight excluding hydrogens is 374 g/mol. The van der Waals surface area contributed by atoms with Gasteiger partial charge in [0.25, 0.3) is 0 Å². The summed E-state index contributed by atoms with van der Waals surface area (Å²) in [6.45, 7) is 0.363.